The predicted molar refractivity (Wildman–Crippen MR) is 82.2 cm³/mol. The van der Waals surface area contributed by atoms with Crippen LogP contribution in [0.5, 0.6) is 0 Å². The van der Waals surface area contributed by atoms with Crippen molar-refractivity contribution in [1.29, 1.82) is 0 Å². The molecule has 3 heterocycles. The van der Waals surface area contributed by atoms with E-state index in [1.165, 1.54) is 16.9 Å². The Balaban J connectivity index is 1.95. The first-order valence-electron chi connectivity index (χ1n) is 7.03. The molecule has 2 N–H and O–H groups in total. The number of hydrogen-bond acceptors (Lipinski definition) is 5. The fourth-order valence-corrected chi connectivity index (χ4v) is 2.27. The van der Waals surface area contributed by atoms with Crippen LogP contribution >= 0.6 is 0 Å². The van der Waals surface area contributed by atoms with Gasteiger partial charge in [-0.05, 0) is 30.7 Å². The first-order chi connectivity index (χ1) is 11.1. The lowest BCUT2D eigenvalue weighted by atomic mass is 10.2. The number of amides is 1. The van der Waals surface area contributed by atoms with Gasteiger partial charge in [-0.15, -0.1) is 0 Å². The zero-order chi connectivity index (χ0) is 16.4. The van der Waals surface area contributed by atoms with Crippen LogP contribution in [0.15, 0.2) is 52.1 Å². The van der Waals surface area contributed by atoms with E-state index in [2.05, 4.69) is 10.3 Å². The molecule has 0 saturated carbocycles. The molecule has 7 nitrogen and oxygen atoms in total. The second kappa shape index (κ2) is 6.05. The minimum atomic E-state index is -0.727. The van der Waals surface area contributed by atoms with Crippen molar-refractivity contribution < 1.29 is 14.3 Å². The van der Waals surface area contributed by atoms with Gasteiger partial charge in [-0.2, -0.15) is 0 Å². The van der Waals surface area contributed by atoms with E-state index >= 15 is 0 Å². The van der Waals surface area contributed by atoms with Crippen molar-refractivity contribution in [2.24, 2.45) is 0 Å². The summed E-state index contributed by atoms with van der Waals surface area (Å²) in [6.07, 6.45) is 4.30. The molecule has 0 fully saturated rings. The second-order valence-corrected chi connectivity index (χ2v) is 5.14. The first-order valence-corrected chi connectivity index (χ1v) is 7.03. The van der Waals surface area contributed by atoms with Gasteiger partial charge in [0, 0.05) is 12.4 Å². The lowest BCUT2D eigenvalue weighted by Crippen LogP contribution is -2.35. The first kappa shape index (κ1) is 15.0. The average molecular weight is 313 g/mol. The molecule has 0 aliphatic rings. The van der Waals surface area contributed by atoms with Gasteiger partial charge in [0.25, 0.3) is 11.5 Å². The monoisotopic (exact) mass is 313 g/mol. The Hall–Kier alpha value is -2.93. The molecule has 0 aliphatic heterocycles. The van der Waals surface area contributed by atoms with Gasteiger partial charge in [0.1, 0.15) is 23.0 Å². The van der Waals surface area contributed by atoms with Crippen molar-refractivity contribution in [1.82, 2.24) is 14.7 Å². The SMILES string of the molecule is Cc1ccc2ncc(C(=O)NC(CO)c3ccco3)c(=O)n2c1. The molecule has 3 aromatic rings. The summed E-state index contributed by atoms with van der Waals surface area (Å²) in [5.41, 5.74) is 0.773. The van der Waals surface area contributed by atoms with Gasteiger partial charge in [-0.25, -0.2) is 4.98 Å². The van der Waals surface area contributed by atoms with Crippen molar-refractivity contribution in [3.05, 3.63) is 70.2 Å². The van der Waals surface area contributed by atoms with E-state index in [0.29, 0.717) is 11.4 Å². The Labute approximate surface area is 131 Å². The molecule has 3 aromatic heterocycles. The van der Waals surface area contributed by atoms with Gasteiger partial charge in [-0.1, -0.05) is 6.07 Å². The van der Waals surface area contributed by atoms with Crippen LogP contribution < -0.4 is 10.9 Å². The predicted octanol–water partition coefficient (Wildman–Crippen LogP) is 1.06. The highest BCUT2D eigenvalue weighted by atomic mass is 16.3. The summed E-state index contributed by atoms with van der Waals surface area (Å²) in [6.45, 7) is 1.50. The van der Waals surface area contributed by atoms with E-state index in [1.54, 1.807) is 24.4 Å². The van der Waals surface area contributed by atoms with E-state index in [9.17, 15) is 14.7 Å². The average Bonchev–Trinajstić information content (AvgIpc) is 3.07. The smallest absolute Gasteiger partial charge is 0.270 e. The van der Waals surface area contributed by atoms with Crippen LogP contribution in [0.2, 0.25) is 0 Å². The number of aryl methyl sites for hydroxylation is 1. The van der Waals surface area contributed by atoms with Gasteiger partial charge in [0.05, 0.1) is 12.9 Å². The zero-order valence-electron chi connectivity index (χ0n) is 12.4. The summed E-state index contributed by atoms with van der Waals surface area (Å²) < 4.78 is 6.49. The maximum Gasteiger partial charge on any atom is 0.270 e. The lowest BCUT2D eigenvalue weighted by molar-refractivity contribution is 0.0905. The Morgan fingerprint density at radius 3 is 2.96 bits per heavy atom. The number of aromatic nitrogens is 2. The number of aliphatic hydroxyl groups excluding tert-OH is 1. The highest BCUT2D eigenvalue weighted by molar-refractivity contribution is 5.94. The number of fused-ring (bicyclic) bond motifs is 1. The molecule has 0 spiro atoms. The third kappa shape index (κ3) is 2.86. The van der Waals surface area contributed by atoms with E-state index in [4.69, 9.17) is 4.42 Å². The zero-order valence-corrected chi connectivity index (χ0v) is 12.4. The lowest BCUT2D eigenvalue weighted by Gasteiger charge is -2.13. The minimum absolute atomic E-state index is 0.0990. The number of aliphatic hydroxyl groups is 1. The summed E-state index contributed by atoms with van der Waals surface area (Å²) >= 11 is 0. The number of furan rings is 1. The fourth-order valence-electron chi connectivity index (χ4n) is 2.27. The van der Waals surface area contributed by atoms with E-state index in [1.807, 2.05) is 13.0 Å². The molecule has 3 rings (SSSR count). The normalized spacial score (nSPS) is 12.3. The van der Waals surface area contributed by atoms with Crippen molar-refractivity contribution in [3.8, 4) is 0 Å². The van der Waals surface area contributed by atoms with Crippen molar-refractivity contribution in [2.75, 3.05) is 6.61 Å². The van der Waals surface area contributed by atoms with E-state index in [-0.39, 0.29) is 12.2 Å². The van der Waals surface area contributed by atoms with Crippen molar-refractivity contribution in [2.45, 2.75) is 13.0 Å². The molecule has 1 unspecified atom stereocenters. The minimum Gasteiger partial charge on any atom is -0.467 e. The molecule has 0 aliphatic carbocycles. The molecule has 118 valence electrons. The van der Waals surface area contributed by atoms with Gasteiger partial charge in [-0.3, -0.25) is 14.0 Å². The molecule has 23 heavy (non-hydrogen) atoms. The van der Waals surface area contributed by atoms with Crippen LogP contribution in [0.25, 0.3) is 5.65 Å². The van der Waals surface area contributed by atoms with Gasteiger partial charge < -0.3 is 14.8 Å². The number of pyridine rings is 1. The number of nitrogens with zero attached hydrogens (tertiary/aromatic N) is 2. The topological polar surface area (TPSA) is 96.8 Å². The number of carbonyl (C=O) groups excluding carboxylic acids is 1. The maximum atomic E-state index is 12.5. The van der Waals surface area contributed by atoms with E-state index in [0.717, 1.165) is 5.56 Å². The highest BCUT2D eigenvalue weighted by Gasteiger charge is 2.20. The molecular weight excluding hydrogens is 298 g/mol. The Kier molecular flexibility index (Phi) is 3.94. The molecule has 1 amide bonds. The fraction of sp³-hybridized carbons (Fsp3) is 0.188. The molecule has 0 saturated heterocycles. The van der Waals surface area contributed by atoms with Crippen LogP contribution in [0.3, 0.4) is 0 Å². The number of rotatable bonds is 4. The van der Waals surface area contributed by atoms with Crippen LogP contribution in [0.4, 0.5) is 0 Å². The summed E-state index contributed by atoms with van der Waals surface area (Å²) in [7, 11) is 0. The molecule has 0 radical (unpaired) electrons. The summed E-state index contributed by atoms with van der Waals surface area (Å²) in [6, 6.07) is 6.10. The third-order valence-electron chi connectivity index (χ3n) is 3.47. The second-order valence-electron chi connectivity index (χ2n) is 5.14. The van der Waals surface area contributed by atoms with Crippen LogP contribution in [0.1, 0.15) is 27.7 Å². The molecule has 0 bridgehead atoms. The van der Waals surface area contributed by atoms with Crippen LogP contribution in [-0.4, -0.2) is 27.0 Å². The largest absolute Gasteiger partial charge is 0.467 e. The summed E-state index contributed by atoms with van der Waals surface area (Å²) in [5.74, 6) is -0.209. The highest BCUT2D eigenvalue weighted by Crippen LogP contribution is 2.13. The standard InChI is InChI=1S/C16H15N3O4/c1-10-4-5-14-17-7-11(16(22)19(14)8-10)15(21)18-12(9-20)13-3-2-6-23-13/h2-8,12,20H,9H2,1H3,(H,18,21). The summed E-state index contributed by atoms with van der Waals surface area (Å²) in [4.78, 5) is 28.9. The molecule has 0 aromatic carbocycles. The van der Waals surface area contributed by atoms with Gasteiger partial charge >= 0.3 is 0 Å². The van der Waals surface area contributed by atoms with Crippen LogP contribution in [0, 0.1) is 6.92 Å². The third-order valence-corrected chi connectivity index (χ3v) is 3.47. The number of hydrogen-bond donors (Lipinski definition) is 2. The Bertz CT molecular complexity index is 899. The number of nitrogens with one attached hydrogen (secondary N) is 1. The van der Waals surface area contributed by atoms with Crippen molar-refractivity contribution >= 4 is 11.6 Å². The van der Waals surface area contributed by atoms with E-state index < -0.39 is 17.5 Å². The van der Waals surface area contributed by atoms with Gasteiger partial charge in [0.15, 0.2) is 0 Å². The van der Waals surface area contributed by atoms with Gasteiger partial charge in [0.2, 0.25) is 0 Å². The number of carbonyl (C=O) groups is 1. The Morgan fingerprint density at radius 1 is 1.43 bits per heavy atom. The Morgan fingerprint density at radius 2 is 2.26 bits per heavy atom. The van der Waals surface area contributed by atoms with Crippen LogP contribution in [-0.2, 0) is 0 Å². The summed E-state index contributed by atoms with van der Waals surface area (Å²) in [5, 5.41) is 12.0. The molecule has 1 atom stereocenters. The molecule has 7 heteroatoms. The maximum absolute atomic E-state index is 12.5. The van der Waals surface area contributed by atoms with Crippen molar-refractivity contribution in [3.63, 3.8) is 0 Å². The quantitative estimate of drug-likeness (QED) is 0.750. The molecular formula is C16H15N3O4.